The molecule has 1 amide bonds. The van der Waals surface area contributed by atoms with Crippen LogP contribution in [0.15, 0.2) is 69.0 Å². The van der Waals surface area contributed by atoms with Gasteiger partial charge in [0, 0.05) is 11.0 Å². The molecule has 0 N–H and O–H groups in total. The van der Waals surface area contributed by atoms with E-state index in [0.29, 0.717) is 17.4 Å². The first-order valence-corrected chi connectivity index (χ1v) is 9.74. The van der Waals surface area contributed by atoms with Crippen molar-refractivity contribution in [1.29, 1.82) is 0 Å². The average molecular weight is 415 g/mol. The second-order valence-electron chi connectivity index (χ2n) is 6.20. The summed E-state index contributed by atoms with van der Waals surface area (Å²) in [6.45, 7) is 4.87. The molecule has 3 nitrogen and oxygen atoms in total. The predicted molar refractivity (Wildman–Crippen MR) is 110 cm³/mol. The number of amidine groups is 1. The van der Waals surface area contributed by atoms with Gasteiger partial charge in [-0.05, 0) is 53.6 Å². The SMILES string of the molecule is CC(C)CN1C(=O)/C(=C\c2ccc(Br)cc2)SC1=Nc1ccccc1. The first-order chi connectivity index (χ1) is 12.0. The van der Waals surface area contributed by atoms with Crippen LogP contribution in [0.5, 0.6) is 0 Å². The van der Waals surface area contributed by atoms with Gasteiger partial charge in [0.05, 0.1) is 10.6 Å². The zero-order valence-electron chi connectivity index (χ0n) is 14.1. The van der Waals surface area contributed by atoms with Crippen LogP contribution in [0.4, 0.5) is 5.69 Å². The Labute approximate surface area is 161 Å². The molecule has 1 fully saturated rings. The van der Waals surface area contributed by atoms with E-state index in [1.807, 2.05) is 60.7 Å². The lowest BCUT2D eigenvalue weighted by Gasteiger charge is -2.17. The fraction of sp³-hybridized carbons (Fsp3) is 0.200. The van der Waals surface area contributed by atoms with E-state index in [2.05, 4.69) is 34.8 Å². The molecule has 1 heterocycles. The number of carbonyl (C=O) groups is 1. The Morgan fingerprint density at radius 3 is 2.44 bits per heavy atom. The number of hydrogen-bond acceptors (Lipinski definition) is 3. The maximum Gasteiger partial charge on any atom is 0.266 e. The van der Waals surface area contributed by atoms with Crippen LogP contribution in [0, 0.1) is 5.92 Å². The fourth-order valence-electron chi connectivity index (χ4n) is 2.44. The molecule has 0 atom stereocenters. The van der Waals surface area contributed by atoms with Crippen LogP contribution in [0.1, 0.15) is 19.4 Å². The van der Waals surface area contributed by atoms with Crippen LogP contribution in [0.25, 0.3) is 6.08 Å². The molecule has 0 aliphatic carbocycles. The van der Waals surface area contributed by atoms with Crippen molar-refractivity contribution in [2.75, 3.05) is 6.54 Å². The van der Waals surface area contributed by atoms with Gasteiger partial charge in [0.15, 0.2) is 5.17 Å². The second kappa shape index (κ2) is 8.02. The van der Waals surface area contributed by atoms with Gasteiger partial charge in [-0.3, -0.25) is 9.69 Å². The van der Waals surface area contributed by atoms with Gasteiger partial charge in [0.25, 0.3) is 5.91 Å². The van der Waals surface area contributed by atoms with E-state index in [4.69, 9.17) is 0 Å². The second-order valence-corrected chi connectivity index (χ2v) is 8.13. The lowest BCUT2D eigenvalue weighted by Crippen LogP contribution is -2.32. The summed E-state index contributed by atoms with van der Waals surface area (Å²) in [6.07, 6.45) is 1.93. The number of thioether (sulfide) groups is 1. The topological polar surface area (TPSA) is 32.7 Å². The van der Waals surface area contributed by atoms with Gasteiger partial charge in [-0.25, -0.2) is 4.99 Å². The minimum Gasteiger partial charge on any atom is -0.286 e. The summed E-state index contributed by atoms with van der Waals surface area (Å²) in [4.78, 5) is 20.0. The van der Waals surface area contributed by atoms with Crippen molar-refractivity contribution in [1.82, 2.24) is 4.90 Å². The van der Waals surface area contributed by atoms with Gasteiger partial charge in [0.1, 0.15) is 0 Å². The molecule has 0 unspecified atom stereocenters. The third-order valence-electron chi connectivity index (χ3n) is 3.58. The van der Waals surface area contributed by atoms with Gasteiger partial charge >= 0.3 is 0 Å². The third kappa shape index (κ3) is 4.61. The molecule has 0 radical (unpaired) electrons. The number of benzene rings is 2. The normalized spacial score (nSPS) is 17.9. The Balaban J connectivity index is 1.93. The van der Waals surface area contributed by atoms with Gasteiger partial charge < -0.3 is 0 Å². The maximum atomic E-state index is 12.9. The molecular formula is C20H19BrN2OS. The van der Waals surface area contributed by atoms with Crippen LogP contribution in [0.2, 0.25) is 0 Å². The molecule has 0 saturated carbocycles. The van der Waals surface area contributed by atoms with Crippen molar-refractivity contribution in [3.63, 3.8) is 0 Å². The van der Waals surface area contributed by atoms with Crippen LogP contribution >= 0.6 is 27.7 Å². The summed E-state index contributed by atoms with van der Waals surface area (Å²) < 4.78 is 1.02. The third-order valence-corrected chi connectivity index (χ3v) is 5.12. The Bertz CT molecular complexity index is 813. The quantitative estimate of drug-likeness (QED) is 0.600. The van der Waals surface area contributed by atoms with Crippen molar-refractivity contribution in [2.45, 2.75) is 13.8 Å². The van der Waals surface area contributed by atoms with Crippen molar-refractivity contribution < 1.29 is 4.79 Å². The van der Waals surface area contributed by atoms with E-state index < -0.39 is 0 Å². The lowest BCUT2D eigenvalue weighted by atomic mass is 10.2. The highest BCUT2D eigenvalue weighted by Gasteiger charge is 2.33. The first kappa shape index (κ1) is 18.0. The maximum absolute atomic E-state index is 12.9. The Morgan fingerprint density at radius 1 is 1.12 bits per heavy atom. The molecule has 0 bridgehead atoms. The molecule has 25 heavy (non-hydrogen) atoms. The van der Waals surface area contributed by atoms with Crippen LogP contribution < -0.4 is 0 Å². The number of aliphatic imine (C=N–C) groups is 1. The predicted octanol–water partition coefficient (Wildman–Crippen LogP) is 5.71. The summed E-state index contributed by atoms with van der Waals surface area (Å²) >= 11 is 4.87. The summed E-state index contributed by atoms with van der Waals surface area (Å²) in [5, 5.41) is 0.744. The summed E-state index contributed by atoms with van der Waals surface area (Å²) in [6, 6.07) is 17.7. The smallest absolute Gasteiger partial charge is 0.266 e. The molecule has 0 spiro atoms. The Kier molecular flexibility index (Phi) is 5.76. The van der Waals surface area contributed by atoms with E-state index >= 15 is 0 Å². The molecule has 1 aliphatic heterocycles. The lowest BCUT2D eigenvalue weighted by molar-refractivity contribution is -0.122. The fourth-order valence-corrected chi connectivity index (χ4v) is 3.71. The highest BCUT2D eigenvalue weighted by Crippen LogP contribution is 2.34. The monoisotopic (exact) mass is 414 g/mol. The van der Waals surface area contributed by atoms with Crippen molar-refractivity contribution in [3.8, 4) is 0 Å². The Hall–Kier alpha value is -1.85. The molecule has 128 valence electrons. The van der Waals surface area contributed by atoms with E-state index in [-0.39, 0.29) is 5.91 Å². The molecule has 1 aliphatic rings. The zero-order chi connectivity index (χ0) is 17.8. The number of amides is 1. The average Bonchev–Trinajstić information content (AvgIpc) is 2.86. The van der Waals surface area contributed by atoms with Crippen LogP contribution in [-0.2, 0) is 4.79 Å². The number of para-hydroxylation sites is 1. The van der Waals surface area contributed by atoms with Crippen LogP contribution in [0.3, 0.4) is 0 Å². The van der Waals surface area contributed by atoms with Gasteiger partial charge in [-0.2, -0.15) is 0 Å². The number of hydrogen-bond donors (Lipinski definition) is 0. The molecule has 1 saturated heterocycles. The van der Waals surface area contributed by atoms with Gasteiger partial charge in [-0.15, -0.1) is 0 Å². The first-order valence-electron chi connectivity index (χ1n) is 8.13. The van der Waals surface area contributed by atoms with Gasteiger partial charge in [-0.1, -0.05) is 60.1 Å². The largest absolute Gasteiger partial charge is 0.286 e. The number of halogens is 1. The standard InChI is InChI=1S/C20H19BrN2OS/c1-14(2)13-23-19(24)18(12-15-8-10-16(21)11-9-15)25-20(23)22-17-6-4-3-5-7-17/h3-12,14H,13H2,1-2H3/b18-12+,22-20?. The molecular weight excluding hydrogens is 396 g/mol. The zero-order valence-corrected chi connectivity index (χ0v) is 16.5. The van der Waals surface area contributed by atoms with Crippen LogP contribution in [-0.4, -0.2) is 22.5 Å². The minimum absolute atomic E-state index is 0.0244. The Morgan fingerprint density at radius 2 is 1.80 bits per heavy atom. The van der Waals surface area contributed by atoms with Crippen molar-refractivity contribution in [2.24, 2.45) is 10.9 Å². The van der Waals surface area contributed by atoms with E-state index in [9.17, 15) is 4.79 Å². The summed E-state index contributed by atoms with van der Waals surface area (Å²) in [5.74, 6) is 0.397. The molecule has 3 rings (SSSR count). The highest BCUT2D eigenvalue weighted by atomic mass is 79.9. The van der Waals surface area contributed by atoms with Gasteiger partial charge in [0.2, 0.25) is 0 Å². The molecule has 2 aromatic carbocycles. The summed E-state index contributed by atoms with van der Waals surface area (Å²) in [5.41, 5.74) is 1.86. The highest BCUT2D eigenvalue weighted by molar-refractivity contribution is 9.10. The number of carbonyl (C=O) groups excluding carboxylic acids is 1. The van der Waals surface area contributed by atoms with E-state index in [1.165, 1.54) is 11.8 Å². The molecule has 2 aromatic rings. The number of rotatable bonds is 4. The van der Waals surface area contributed by atoms with E-state index in [1.54, 1.807) is 4.90 Å². The molecule has 0 aromatic heterocycles. The van der Waals surface area contributed by atoms with Crippen molar-refractivity contribution in [3.05, 3.63) is 69.5 Å². The van der Waals surface area contributed by atoms with E-state index in [0.717, 1.165) is 20.9 Å². The molecule has 5 heteroatoms. The number of nitrogens with zero attached hydrogens (tertiary/aromatic N) is 2. The summed E-state index contributed by atoms with van der Waals surface area (Å²) in [7, 11) is 0. The minimum atomic E-state index is 0.0244. The van der Waals surface area contributed by atoms with Crippen molar-refractivity contribution >= 4 is 50.5 Å².